The minimum Gasteiger partial charge on any atom is -0.306 e. The lowest BCUT2D eigenvalue weighted by molar-refractivity contribution is 0.193. The fourth-order valence-electron chi connectivity index (χ4n) is 1.83. The largest absolute Gasteiger partial charge is 0.342 e. The second-order valence-electron chi connectivity index (χ2n) is 4.64. The van der Waals surface area contributed by atoms with E-state index in [1.807, 2.05) is 27.7 Å². The summed E-state index contributed by atoms with van der Waals surface area (Å²) in [5, 5.41) is 8.16. The Morgan fingerprint density at radius 3 is 2.65 bits per heavy atom. The lowest BCUT2D eigenvalue weighted by Crippen LogP contribution is -2.38. The Labute approximate surface area is 119 Å². The topological polar surface area (TPSA) is 44.7 Å². The molecule has 0 fully saturated rings. The van der Waals surface area contributed by atoms with Crippen LogP contribution in [0.4, 0.5) is 14.9 Å². The van der Waals surface area contributed by atoms with Gasteiger partial charge in [-0.3, -0.25) is 0 Å². The molecule has 0 aromatic heterocycles. The Kier molecular flexibility index (Phi) is 5.43. The number of hydrogen-bond acceptors (Lipinski definition) is 2. The highest BCUT2D eigenvalue weighted by atomic mass is 19.1. The van der Waals surface area contributed by atoms with Gasteiger partial charge in [0.15, 0.2) is 0 Å². The third kappa shape index (κ3) is 3.66. The first-order chi connectivity index (χ1) is 9.40. The SMILES string of the molecule is C=CC.CC(C)=NN1C(=O)Nc2cc(F)ccc2C1C. The molecule has 0 saturated heterocycles. The van der Waals surface area contributed by atoms with Crippen LogP contribution in [0.1, 0.15) is 39.3 Å². The van der Waals surface area contributed by atoms with Gasteiger partial charge in [0.2, 0.25) is 0 Å². The number of amides is 2. The summed E-state index contributed by atoms with van der Waals surface area (Å²) in [4.78, 5) is 11.8. The molecule has 108 valence electrons. The summed E-state index contributed by atoms with van der Waals surface area (Å²) in [6.45, 7) is 10.8. The lowest BCUT2D eigenvalue weighted by atomic mass is 10.0. The Morgan fingerprint density at radius 1 is 1.50 bits per heavy atom. The van der Waals surface area contributed by atoms with Crippen molar-refractivity contribution in [1.82, 2.24) is 5.01 Å². The average Bonchev–Trinajstić information content (AvgIpc) is 2.34. The molecule has 1 aliphatic heterocycles. The van der Waals surface area contributed by atoms with Crippen LogP contribution in [0.25, 0.3) is 0 Å². The van der Waals surface area contributed by atoms with E-state index < -0.39 is 0 Å². The highest BCUT2D eigenvalue weighted by Gasteiger charge is 2.29. The number of carbonyl (C=O) groups is 1. The van der Waals surface area contributed by atoms with Crippen LogP contribution >= 0.6 is 0 Å². The van der Waals surface area contributed by atoms with Gasteiger partial charge >= 0.3 is 6.03 Å². The summed E-state index contributed by atoms with van der Waals surface area (Å²) >= 11 is 0. The first-order valence-electron chi connectivity index (χ1n) is 6.39. The summed E-state index contributed by atoms with van der Waals surface area (Å²) in [5.74, 6) is -0.361. The van der Waals surface area contributed by atoms with Crippen molar-refractivity contribution >= 4 is 17.4 Å². The molecule has 2 amide bonds. The van der Waals surface area contributed by atoms with Crippen molar-refractivity contribution in [2.45, 2.75) is 33.7 Å². The van der Waals surface area contributed by atoms with Crippen LogP contribution in [0.5, 0.6) is 0 Å². The molecule has 1 atom stereocenters. The second-order valence-corrected chi connectivity index (χ2v) is 4.64. The van der Waals surface area contributed by atoms with Crippen molar-refractivity contribution in [3.8, 4) is 0 Å². The molecule has 1 N–H and O–H groups in total. The van der Waals surface area contributed by atoms with Gasteiger partial charge in [-0.1, -0.05) is 12.1 Å². The van der Waals surface area contributed by atoms with E-state index in [9.17, 15) is 9.18 Å². The molecule has 1 heterocycles. The van der Waals surface area contributed by atoms with E-state index in [0.29, 0.717) is 5.69 Å². The molecular weight excluding hydrogens is 257 g/mol. The third-order valence-electron chi connectivity index (χ3n) is 2.59. The van der Waals surface area contributed by atoms with Crippen LogP contribution in [-0.2, 0) is 0 Å². The van der Waals surface area contributed by atoms with E-state index in [4.69, 9.17) is 0 Å². The monoisotopic (exact) mass is 277 g/mol. The van der Waals surface area contributed by atoms with Crippen LogP contribution in [0.15, 0.2) is 36.0 Å². The van der Waals surface area contributed by atoms with Gasteiger partial charge in [-0.15, -0.1) is 6.58 Å². The van der Waals surface area contributed by atoms with Crippen molar-refractivity contribution in [2.75, 3.05) is 5.32 Å². The van der Waals surface area contributed by atoms with Crippen LogP contribution in [0.2, 0.25) is 0 Å². The maximum Gasteiger partial charge on any atom is 0.342 e. The lowest BCUT2D eigenvalue weighted by Gasteiger charge is -2.31. The number of allylic oxidation sites excluding steroid dienone is 1. The van der Waals surface area contributed by atoms with E-state index in [0.717, 1.165) is 11.3 Å². The highest BCUT2D eigenvalue weighted by molar-refractivity contribution is 5.94. The molecule has 2 rings (SSSR count). The summed E-state index contributed by atoms with van der Waals surface area (Å²) in [6.07, 6.45) is 1.75. The summed E-state index contributed by atoms with van der Waals surface area (Å²) in [6, 6.07) is 3.84. The Balaban J connectivity index is 0.000000612. The molecule has 1 aromatic rings. The van der Waals surface area contributed by atoms with E-state index in [1.165, 1.54) is 17.1 Å². The molecule has 5 heteroatoms. The minimum absolute atomic E-state index is 0.200. The maximum atomic E-state index is 13.1. The number of benzene rings is 1. The van der Waals surface area contributed by atoms with Crippen molar-refractivity contribution < 1.29 is 9.18 Å². The minimum atomic E-state index is -0.361. The van der Waals surface area contributed by atoms with Gasteiger partial charge < -0.3 is 5.32 Å². The molecule has 1 aromatic carbocycles. The summed E-state index contributed by atoms with van der Waals surface area (Å²) in [7, 11) is 0. The fourth-order valence-corrected chi connectivity index (χ4v) is 1.83. The number of anilines is 1. The first-order valence-corrected chi connectivity index (χ1v) is 6.39. The number of fused-ring (bicyclic) bond motifs is 1. The zero-order chi connectivity index (χ0) is 15.3. The molecule has 0 bridgehead atoms. The number of carbonyl (C=O) groups excluding carboxylic acids is 1. The number of hydrazone groups is 1. The number of urea groups is 1. The van der Waals surface area contributed by atoms with Gasteiger partial charge in [0.25, 0.3) is 0 Å². The molecule has 4 nitrogen and oxygen atoms in total. The van der Waals surface area contributed by atoms with Crippen molar-refractivity contribution in [3.05, 3.63) is 42.2 Å². The highest BCUT2D eigenvalue weighted by Crippen LogP contribution is 2.33. The molecule has 0 radical (unpaired) electrons. The van der Waals surface area contributed by atoms with Gasteiger partial charge in [-0.05, 0) is 39.8 Å². The normalized spacial score (nSPS) is 16.4. The molecule has 1 aliphatic rings. The van der Waals surface area contributed by atoms with Gasteiger partial charge in [0.05, 0.1) is 11.7 Å². The van der Waals surface area contributed by atoms with Gasteiger partial charge in [-0.25, -0.2) is 14.2 Å². The predicted molar refractivity (Wildman–Crippen MR) is 80.3 cm³/mol. The summed E-state index contributed by atoms with van der Waals surface area (Å²) in [5.41, 5.74) is 2.16. The molecule has 20 heavy (non-hydrogen) atoms. The Bertz CT molecular complexity index is 536. The predicted octanol–water partition coefficient (Wildman–Crippen LogP) is 4.32. The van der Waals surface area contributed by atoms with Crippen LogP contribution < -0.4 is 5.32 Å². The van der Waals surface area contributed by atoms with Crippen molar-refractivity contribution in [1.29, 1.82) is 0 Å². The van der Waals surface area contributed by atoms with E-state index in [-0.39, 0.29) is 17.9 Å². The fraction of sp³-hybridized carbons (Fsp3) is 0.333. The number of nitrogens with one attached hydrogen (secondary N) is 1. The number of nitrogens with zero attached hydrogens (tertiary/aromatic N) is 2. The van der Waals surface area contributed by atoms with E-state index in [1.54, 1.807) is 12.1 Å². The maximum absolute atomic E-state index is 13.1. The average molecular weight is 277 g/mol. The van der Waals surface area contributed by atoms with Crippen LogP contribution in [0.3, 0.4) is 0 Å². The zero-order valence-electron chi connectivity index (χ0n) is 12.3. The van der Waals surface area contributed by atoms with Gasteiger partial charge in [0.1, 0.15) is 5.82 Å². The molecule has 0 saturated carbocycles. The van der Waals surface area contributed by atoms with Crippen LogP contribution in [0, 0.1) is 5.82 Å². The van der Waals surface area contributed by atoms with Crippen LogP contribution in [-0.4, -0.2) is 16.8 Å². The first kappa shape index (κ1) is 15.9. The summed E-state index contributed by atoms with van der Waals surface area (Å²) < 4.78 is 13.1. The smallest absolute Gasteiger partial charge is 0.306 e. The Hall–Kier alpha value is -2.17. The van der Waals surface area contributed by atoms with Gasteiger partial charge in [-0.2, -0.15) is 5.10 Å². The number of rotatable bonds is 1. The molecule has 1 unspecified atom stereocenters. The van der Waals surface area contributed by atoms with Crippen molar-refractivity contribution in [3.63, 3.8) is 0 Å². The Morgan fingerprint density at radius 2 is 2.10 bits per heavy atom. The number of hydrogen-bond donors (Lipinski definition) is 1. The molecular formula is C15H20FN3O. The van der Waals surface area contributed by atoms with Gasteiger partial charge in [0, 0.05) is 11.3 Å². The van der Waals surface area contributed by atoms with E-state index in [2.05, 4.69) is 17.0 Å². The molecule has 0 spiro atoms. The number of halogens is 1. The zero-order valence-corrected chi connectivity index (χ0v) is 12.3. The van der Waals surface area contributed by atoms with Crippen molar-refractivity contribution in [2.24, 2.45) is 5.10 Å². The molecule has 0 aliphatic carbocycles. The second kappa shape index (κ2) is 6.84. The third-order valence-corrected chi connectivity index (χ3v) is 2.59. The standard InChI is InChI=1S/C12H14FN3O.C3H6/c1-7(2)15-16-8(3)10-5-4-9(13)6-11(10)14-12(16)17;1-3-2/h4-6,8H,1-3H3,(H,14,17);3H,1H2,2H3. The van der Waals surface area contributed by atoms with E-state index >= 15 is 0 Å². The quantitative estimate of drug-likeness (QED) is 0.603.